The second kappa shape index (κ2) is 6.33. The third kappa shape index (κ3) is 3.11. The number of benzene rings is 1. The molecule has 0 fully saturated rings. The van der Waals surface area contributed by atoms with E-state index in [0.717, 1.165) is 0 Å². The quantitative estimate of drug-likeness (QED) is 0.815. The molecular formula is C12H16ClNO3S. The van der Waals surface area contributed by atoms with E-state index in [2.05, 4.69) is 6.58 Å². The summed E-state index contributed by atoms with van der Waals surface area (Å²) in [6, 6.07) is 4.45. The summed E-state index contributed by atoms with van der Waals surface area (Å²) in [6.07, 6.45) is 1.52. The molecule has 0 aliphatic rings. The molecule has 0 saturated carbocycles. The molecule has 0 aliphatic heterocycles. The van der Waals surface area contributed by atoms with Crippen LogP contribution >= 0.6 is 11.6 Å². The minimum Gasteiger partial charge on any atom is -0.392 e. The number of hydrogen-bond acceptors (Lipinski definition) is 3. The zero-order valence-corrected chi connectivity index (χ0v) is 11.7. The SMILES string of the molecule is C=CCN(CC)S(=O)(=O)c1cc(CO)ccc1Cl. The first kappa shape index (κ1) is 15.2. The van der Waals surface area contributed by atoms with E-state index in [1.807, 2.05) is 0 Å². The molecule has 4 nitrogen and oxygen atoms in total. The summed E-state index contributed by atoms with van der Waals surface area (Å²) < 4.78 is 26.0. The van der Waals surface area contributed by atoms with Gasteiger partial charge in [0.25, 0.3) is 0 Å². The predicted molar refractivity (Wildman–Crippen MR) is 72.0 cm³/mol. The van der Waals surface area contributed by atoms with Crippen molar-refractivity contribution in [2.45, 2.75) is 18.4 Å². The van der Waals surface area contributed by atoms with Gasteiger partial charge in [0.1, 0.15) is 4.90 Å². The van der Waals surface area contributed by atoms with Crippen molar-refractivity contribution in [2.75, 3.05) is 13.1 Å². The smallest absolute Gasteiger partial charge is 0.244 e. The number of aliphatic hydroxyl groups excluding tert-OH is 1. The lowest BCUT2D eigenvalue weighted by Crippen LogP contribution is -2.31. The molecule has 100 valence electrons. The van der Waals surface area contributed by atoms with Crippen LogP contribution in [0.2, 0.25) is 5.02 Å². The second-order valence-corrected chi connectivity index (χ2v) is 5.98. The van der Waals surface area contributed by atoms with E-state index in [-0.39, 0.29) is 23.1 Å². The molecule has 0 spiro atoms. The Balaban J connectivity index is 3.30. The van der Waals surface area contributed by atoms with Crippen LogP contribution in [0.5, 0.6) is 0 Å². The maximum absolute atomic E-state index is 12.4. The Morgan fingerprint density at radius 1 is 1.50 bits per heavy atom. The van der Waals surface area contributed by atoms with Gasteiger partial charge in [-0.05, 0) is 17.7 Å². The molecule has 0 atom stereocenters. The zero-order valence-electron chi connectivity index (χ0n) is 10.1. The van der Waals surface area contributed by atoms with Crippen LogP contribution in [0.1, 0.15) is 12.5 Å². The molecule has 0 heterocycles. The van der Waals surface area contributed by atoms with Crippen molar-refractivity contribution in [1.82, 2.24) is 4.31 Å². The van der Waals surface area contributed by atoms with Crippen LogP contribution in [0.15, 0.2) is 35.7 Å². The lowest BCUT2D eigenvalue weighted by Gasteiger charge is -2.19. The maximum atomic E-state index is 12.4. The Hall–Kier alpha value is -0.880. The minimum absolute atomic E-state index is 0.0133. The van der Waals surface area contributed by atoms with Crippen LogP contribution in [0.25, 0.3) is 0 Å². The van der Waals surface area contributed by atoms with Crippen LogP contribution in [0, 0.1) is 0 Å². The number of sulfonamides is 1. The Kier molecular flexibility index (Phi) is 5.34. The molecule has 0 saturated heterocycles. The van der Waals surface area contributed by atoms with Crippen LogP contribution < -0.4 is 0 Å². The summed E-state index contributed by atoms with van der Waals surface area (Å²) in [5.74, 6) is 0. The lowest BCUT2D eigenvalue weighted by atomic mass is 10.2. The van der Waals surface area contributed by atoms with Gasteiger partial charge in [-0.1, -0.05) is 30.7 Å². The molecule has 1 N–H and O–H groups in total. The van der Waals surface area contributed by atoms with Gasteiger partial charge in [-0.2, -0.15) is 4.31 Å². The van der Waals surface area contributed by atoms with Crippen LogP contribution in [-0.2, 0) is 16.6 Å². The average molecular weight is 290 g/mol. The fourth-order valence-electron chi connectivity index (χ4n) is 1.52. The monoisotopic (exact) mass is 289 g/mol. The van der Waals surface area contributed by atoms with Gasteiger partial charge in [0.2, 0.25) is 10.0 Å². The Bertz CT molecular complexity index is 528. The highest BCUT2D eigenvalue weighted by Gasteiger charge is 2.24. The number of aliphatic hydroxyl groups is 1. The van der Waals surface area contributed by atoms with Crippen molar-refractivity contribution in [3.8, 4) is 0 Å². The highest BCUT2D eigenvalue weighted by Crippen LogP contribution is 2.25. The average Bonchev–Trinajstić information content (AvgIpc) is 2.36. The summed E-state index contributed by atoms with van der Waals surface area (Å²) in [6.45, 7) is 5.59. The number of likely N-dealkylation sites (N-methyl/N-ethyl adjacent to an activating group) is 1. The topological polar surface area (TPSA) is 57.6 Å². The third-order valence-corrected chi connectivity index (χ3v) is 4.90. The highest BCUT2D eigenvalue weighted by molar-refractivity contribution is 7.89. The molecule has 0 amide bonds. The fourth-order valence-corrected chi connectivity index (χ4v) is 3.47. The lowest BCUT2D eigenvalue weighted by molar-refractivity contribution is 0.281. The summed E-state index contributed by atoms with van der Waals surface area (Å²) in [5.41, 5.74) is 0.507. The van der Waals surface area contributed by atoms with Gasteiger partial charge in [0.05, 0.1) is 11.6 Å². The first-order chi connectivity index (χ1) is 8.47. The normalized spacial score (nSPS) is 11.8. The van der Waals surface area contributed by atoms with Crippen LogP contribution in [0.3, 0.4) is 0 Å². The molecule has 0 unspecified atom stereocenters. The minimum atomic E-state index is -3.66. The predicted octanol–water partition coefficient (Wildman–Crippen LogP) is 2.03. The maximum Gasteiger partial charge on any atom is 0.244 e. The van der Waals surface area contributed by atoms with Gasteiger partial charge in [0.15, 0.2) is 0 Å². The molecule has 1 aromatic carbocycles. The van der Waals surface area contributed by atoms with Crippen molar-refractivity contribution in [3.63, 3.8) is 0 Å². The number of halogens is 1. The van der Waals surface area contributed by atoms with Crippen molar-refractivity contribution in [3.05, 3.63) is 41.4 Å². The Morgan fingerprint density at radius 2 is 2.17 bits per heavy atom. The molecule has 6 heteroatoms. The summed E-state index contributed by atoms with van der Waals surface area (Å²) in [5, 5.41) is 9.20. The molecule has 0 aliphatic carbocycles. The number of hydrogen-bond donors (Lipinski definition) is 1. The molecule has 0 radical (unpaired) electrons. The third-order valence-electron chi connectivity index (χ3n) is 2.48. The van der Waals surface area contributed by atoms with Crippen molar-refractivity contribution >= 4 is 21.6 Å². The molecule has 1 rings (SSSR count). The van der Waals surface area contributed by atoms with Gasteiger partial charge in [0, 0.05) is 13.1 Å². The molecule has 0 aromatic heterocycles. The Morgan fingerprint density at radius 3 is 2.67 bits per heavy atom. The Labute approximate surface area is 113 Å². The van der Waals surface area contributed by atoms with Gasteiger partial charge in [-0.15, -0.1) is 6.58 Å². The molecule has 1 aromatic rings. The van der Waals surface area contributed by atoms with Crippen molar-refractivity contribution in [1.29, 1.82) is 0 Å². The highest BCUT2D eigenvalue weighted by atomic mass is 35.5. The van der Waals surface area contributed by atoms with E-state index < -0.39 is 10.0 Å². The second-order valence-electron chi connectivity index (χ2n) is 3.67. The van der Waals surface area contributed by atoms with Gasteiger partial charge in [-0.3, -0.25) is 0 Å². The largest absolute Gasteiger partial charge is 0.392 e. The van der Waals surface area contributed by atoms with E-state index in [1.165, 1.54) is 22.5 Å². The fraction of sp³-hybridized carbons (Fsp3) is 0.333. The van der Waals surface area contributed by atoms with E-state index in [1.54, 1.807) is 13.0 Å². The number of nitrogens with zero attached hydrogens (tertiary/aromatic N) is 1. The van der Waals surface area contributed by atoms with E-state index in [4.69, 9.17) is 16.7 Å². The van der Waals surface area contributed by atoms with E-state index in [0.29, 0.717) is 12.1 Å². The van der Waals surface area contributed by atoms with Crippen molar-refractivity contribution < 1.29 is 13.5 Å². The van der Waals surface area contributed by atoms with Gasteiger partial charge in [-0.25, -0.2) is 8.42 Å². The van der Waals surface area contributed by atoms with Crippen molar-refractivity contribution in [2.24, 2.45) is 0 Å². The van der Waals surface area contributed by atoms with Crippen LogP contribution in [-0.4, -0.2) is 30.9 Å². The molecular weight excluding hydrogens is 274 g/mol. The van der Waals surface area contributed by atoms with E-state index in [9.17, 15) is 8.42 Å². The summed E-state index contributed by atoms with van der Waals surface area (Å²) in [7, 11) is -3.66. The van der Waals surface area contributed by atoms with Gasteiger partial charge >= 0.3 is 0 Å². The number of rotatable bonds is 6. The first-order valence-corrected chi connectivity index (χ1v) is 7.29. The first-order valence-electron chi connectivity index (χ1n) is 5.47. The van der Waals surface area contributed by atoms with Gasteiger partial charge < -0.3 is 5.11 Å². The zero-order chi connectivity index (χ0) is 13.8. The molecule has 0 bridgehead atoms. The summed E-state index contributed by atoms with van der Waals surface area (Å²) in [4.78, 5) is 0.0133. The van der Waals surface area contributed by atoms with E-state index >= 15 is 0 Å². The van der Waals surface area contributed by atoms with Crippen LogP contribution in [0.4, 0.5) is 0 Å². The molecule has 18 heavy (non-hydrogen) atoms. The standard InChI is InChI=1S/C12H16ClNO3S/c1-3-7-14(4-2)18(16,17)12-8-10(9-15)5-6-11(12)13/h3,5-6,8,15H,1,4,7,9H2,2H3. The summed E-state index contributed by atoms with van der Waals surface area (Å²) >= 11 is 5.93.